The first-order valence-electron chi connectivity index (χ1n) is 10.2. The second-order valence-electron chi connectivity index (χ2n) is 7.58. The normalized spacial score (nSPS) is 11.8. The Hall–Kier alpha value is -2.33. The van der Waals surface area contributed by atoms with Gasteiger partial charge in [-0.1, -0.05) is 60.8 Å². The van der Waals surface area contributed by atoms with Crippen molar-refractivity contribution in [2.45, 2.75) is 59.5 Å². The number of unbranched alkanes of at least 4 members (excludes halogenated alkanes) is 1. The monoisotopic (exact) mass is 414 g/mol. The smallest absolute Gasteiger partial charge is 0.242 e. The van der Waals surface area contributed by atoms with E-state index in [0.717, 1.165) is 35.1 Å². The van der Waals surface area contributed by atoms with Crippen molar-refractivity contribution >= 4 is 23.4 Å². The molecule has 156 valence electrons. The lowest BCUT2D eigenvalue weighted by atomic mass is 10.0. The van der Waals surface area contributed by atoms with Crippen molar-refractivity contribution in [2.75, 3.05) is 6.54 Å². The number of nitrogens with one attached hydrogen (secondary N) is 1. The number of carbonyl (C=O) groups excluding carboxylic acids is 2. The van der Waals surface area contributed by atoms with E-state index in [2.05, 4.69) is 12.2 Å². The van der Waals surface area contributed by atoms with Gasteiger partial charge in [0.15, 0.2) is 0 Å². The number of rotatable bonds is 9. The van der Waals surface area contributed by atoms with Crippen molar-refractivity contribution in [3.8, 4) is 0 Å². The molecule has 0 aliphatic heterocycles. The topological polar surface area (TPSA) is 49.4 Å². The molecule has 2 rings (SSSR count). The van der Waals surface area contributed by atoms with Crippen LogP contribution in [0.5, 0.6) is 0 Å². The summed E-state index contributed by atoms with van der Waals surface area (Å²) in [6.45, 7) is 8.88. The van der Waals surface area contributed by atoms with Crippen molar-refractivity contribution in [2.24, 2.45) is 0 Å². The minimum absolute atomic E-state index is 0.0632. The number of carbonyl (C=O) groups is 2. The predicted molar refractivity (Wildman–Crippen MR) is 119 cm³/mol. The second kappa shape index (κ2) is 11.0. The van der Waals surface area contributed by atoms with E-state index >= 15 is 0 Å². The first-order valence-corrected chi connectivity index (χ1v) is 10.6. The van der Waals surface area contributed by atoms with E-state index in [4.69, 9.17) is 11.6 Å². The van der Waals surface area contributed by atoms with Crippen molar-refractivity contribution in [1.82, 2.24) is 10.2 Å². The molecule has 5 heteroatoms. The molecule has 0 aliphatic rings. The highest BCUT2D eigenvalue weighted by atomic mass is 35.5. The molecule has 0 saturated heterocycles. The van der Waals surface area contributed by atoms with Crippen molar-refractivity contribution in [1.29, 1.82) is 0 Å². The van der Waals surface area contributed by atoms with Gasteiger partial charge in [0.05, 0.1) is 6.42 Å². The van der Waals surface area contributed by atoms with Crippen LogP contribution < -0.4 is 5.32 Å². The third kappa shape index (κ3) is 6.90. The van der Waals surface area contributed by atoms with Crippen molar-refractivity contribution in [3.63, 3.8) is 0 Å². The highest BCUT2D eigenvalue weighted by Crippen LogP contribution is 2.17. The van der Waals surface area contributed by atoms with Crippen molar-refractivity contribution < 1.29 is 9.59 Å². The van der Waals surface area contributed by atoms with E-state index < -0.39 is 6.04 Å². The van der Waals surface area contributed by atoms with Crippen LogP contribution in [0.15, 0.2) is 42.5 Å². The van der Waals surface area contributed by atoms with E-state index in [9.17, 15) is 9.59 Å². The second-order valence-corrected chi connectivity index (χ2v) is 8.01. The third-order valence-corrected chi connectivity index (χ3v) is 5.36. The zero-order valence-corrected chi connectivity index (χ0v) is 18.6. The van der Waals surface area contributed by atoms with Gasteiger partial charge in [0.1, 0.15) is 6.04 Å². The Labute approximate surface area is 179 Å². The highest BCUT2D eigenvalue weighted by Gasteiger charge is 2.26. The average molecular weight is 415 g/mol. The number of hydrogen-bond acceptors (Lipinski definition) is 2. The summed E-state index contributed by atoms with van der Waals surface area (Å²) in [5, 5.41) is 3.59. The lowest BCUT2D eigenvalue weighted by Crippen LogP contribution is -2.48. The van der Waals surface area contributed by atoms with Crippen LogP contribution in [0.2, 0.25) is 5.02 Å². The quantitative estimate of drug-likeness (QED) is 0.597. The van der Waals surface area contributed by atoms with E-state index in [1.165, 1.54) is 0 Å². The number of halogens is 1. The van der Waals surface area contributed by atoms with Gasteiger partial charge in [-0.3, -0.25) is 9.59 Å². The minimum atomic E-state index is -0.555. The molecule has 0 unspecified atom stereocenters. The minimum Gasteiger partial charge on any atom is -0.354 e. The molecule has 1 N–H and O–H groups in total. The fraction of sp³-hybridized carbons (Fsp3) is 0.417. The van der Waals surface area contributed by atoms with Gasteiger partial charge >= 0.3 is 0 Å². The summed E-state index contributed by atoms with van der Waals surface area (Å²) >= 11 is 5.99. The summed E-state index contributed by atoms with van der Waals surface area (Å²) in [4.78, 5) is 27.6. The Kier molecular flexibility index (Phi) is 8.71. The van der Waals surface area contributed by atoms with Crippen LogP contribution in [0.25, 0.3) is 0 Å². The van der Waals surface area contributed by atoms with E-state index in [0.29, 0.717) is 18.1 Å². The Balaban J connectivity index is 2.22. The Morgan fingerprint density at radius 2 is 1.79 bits per heavy atom. The maximum atomic E-state index is 13.2. The molecule has 0 fully saturated rings. The first kappa shape index (κ1) is 23.0. The zero-order valence-electron chi connectivity index (χ0n) is 17.8. The SMILES string of the molecule is CCCCNC(=O)[C@@H](C)N(Cc1ccc(Cl)cc1)C(=O)Cc1cc(C)ccc1C. The molecule has 0 aliphatic carbocycles. The van der Waals surface area contributed by atoms with E-state index in [-0.39, 0.29) is 18.2 Å². The van der Waals surface area contributed by atoms with Gasteiger partial charge in [-0.25, -0.2) is 0 Å². The lowest BCUT2D eigenvalue weighted by molar-refractivity contribution is -0.140. The molecule has 2 aromatic carbocycles. The number of nitrogens with zero attached hydrogens (tertiary/aromatic N) is 1. The molecule has 0 bridgehead atoms. The number of benzene rings is 2. The van der Waals surface area contributed by atoms with E-state index in [1.54, 1.807) is 24.0 Å². The Morgan fingerprint density at radius 3 is 2.45 bits per heavy atom. The van der Waals surface area contributed by atoms with Crippen LogP contribution in [0.1, 0.15) is 48.9 Å². The summed E-state index contributed by atoms with van der Waals surface area (Å²) in [6, 6.07) is 12.9. The number of hydrogen-bond donors (Lipinski definition) is 1. The van der Waals surface area contributed by atoms with Crippen LogP contribution in [-0.4, -0.2) is 29.3 Å². The average Bonchev–Trinajstić information content (AvgIpc) is 2.69. The summed E-state index contributed by atoms with van der Waals surface area (Å²) in [5.74, 6) is -0.187. The van der Waals surface area contributed by atoms with Crippen molar-refractivity contribution in [3.05, 3.63) is 69.7 Å². The Morgan fingerprint density at radius 1 is 1.10 bits per heavy atom. The molecule has 29 heavy (non-hydrogen) atoms. The summed E-state index contributed by atoms with van der Waals surface area (Å²) in [6.07, 6.45) is 2.20. The molecule has 0 aromatic heterocycles. The highest BCUT2D eigenvalue weighted by molar-refractivity contribution is 6.30. The number of aryl methyl sites for hydroxylation is 2. The molecule has 0 saturated carbocycles. The van der Waals surface area contributed by atoms with Crippen LogP contribution in [0, 0.1) is 13.8 Å². The van der Waals surface area contributed by atoms with Gasteiger partial charge in [-0.2, -0.15) is 0 Å². The zero-order chi connectivity index (χ0) is 21.4. The van der Waals surface area contributed by atoms with Gasteiger partial charge in [-0.15, -0.1) is 0 Å². The molecule has 2 aromatic rings. The number of amides is 2. The maximum Gasteiger partial charge on any atom is 0.242 e. The largest absolute Gasteiger partial charge is 0.354 e. The molecular weight excluding hydrogens is 384 g/mol. The van der Waals surface area contributed by atoms with Gasteiger partial charge in [0.25, 0.3) is 0 Å². The lowest BCUT2D eigenvalue weighted by Gasteiger charge is -2.29. The fourth-order valence-electron chi connectivity index (χ4n) is 3.16. The summed E-state index contributed by atoms with van der Waals surface area (Å²) in [7, 11) is 0. The van der Waals surface area contributed by atoms with Crippen LogP contribution in [-0.2, 0) is 22.6 Å². The molecule has 2 amide bonds. The molecule has 1 atom stereocenters. The standard InChI is InChI=1S/C24H31ClN2O2/c1-5-6-13-26-24(29)19(4)27(16-20-9-11-22(25)12-10-20)23(28)15-21-14-17(2)7-8-18(21)3/h7-12,14,19H,5-6,13,15-16H2,1-4H3,(H,26,29)/t19-/m1/s1. The maximum absolute atomic E-state index is 13.2. The molecular formula is C24H31ClN2O2. The van der Waals surface area contributed by atoms with Gasteiger partial charge < -0.3 is 10.2 Å². The van der Waals surface area contributed by atoms with Crippen LogP contribution in [0.4, 0.5) is 0 Å². The van der Waals surface area contributed by atoms with Crippen LogP contribution >= 0.6 is 11.6 Å². The first-order chi connectivity index (χ1) is 13.8. The third-order valence-electron chi connectivity index (χ3n) is 5.11. The summed E-state index contributed by atoms with van der Waals surface area (Å²) in [5.41, 5.74) is 4.13. The molecule has 0 spiro atoms. The molecule has 0 heterocycles. The molecule has 4 nitrogen and oxygen atoms in total. The van der Waals surface area contributed by atoms with E-state index in [1.807, 2.05) is 44.2 Å². The van der Waals surface area contributed by atoms with Gasteiger partial charge in [0.2, 0.25) is 11.8 Å². The van der Waals surface area contributed by atoms with Crippen LogP contribution in [0.3, 0.4) is 0 Å². The summed E-state index contributed by atoms with van der Waals surface area (Å²) < 4.78 is 0. The molecule has 0 radical (unpaired) electrons. The predicted octanol–water partition coefficient (Wildman–Crippen LogP) is 4.83. The Bertz CT molecular complexity index is 833. The fourth-order valence-corrected chi connectivity index (χ4v) is 3.29. The van der Waals surface area contributed by atoms with Gasteiger partial charge in [0, 0.05) is 18.1 Å². The van der Waals surface area contributed by atoms with Gasteiger partial charge in [-0.05, 0) is 56.0 Å².